The summed E-state index contributed by atoms with van der Waals surface area (Å²) in [7, 11) is 0. The van der Waals surface area contributed by atoms with E-state index >= 15 is 0 Å². The van der Waals surface area contributed by atoms with Gasteiger partial charge >= 0.3 is 5.97 Å². The number of rotatable bonds is 10. The van der Waals surface area contributed by atoms with Crippen LogP contribution in [0.4, 0.5) is 5.69 Å². The van der Waals surface area contributed by atoms with Crippen LogP contribution in [0.5, 0.6) is 5.75 Å². The van der Waals surface area contributed by atoms with Gasteiger partial charge in [-0.15, -0.1) is 0 Å². The van der Waals surface area contributed by atoms with Crippen molar-refractivity contribution >= 4 is 11.7 Å². The molecule has 0 saturated carbocycles. The lowest BCUT2D eigenvalue weighted by atomic mass is 10.0. The molecule has 0 aliphatic heterocycles. The fourth-order valence-corrected chi connectivity index (χ4v) is 3.68. The maximum Gasteiger partial charge on any atom is 0.341 e. The Morgan fingerprint density at radius 3 is 2.54 bits per heavy atom. The number of hydrogen-bond donors (Lipinski definition) is 2. The zero-order chi connectivity index (χ0) is 24.8. The molecule has 1 heterocycles. The Labute approximate surface area is 204 Å². The van der Waals surface area contributed by atoms with Crippen molar-refractivity contribution in [3.8, 4) is 17.2 Å². The van der Waals surface area contributed by atoms with Crippen LogP contribution in [0.15, 0.2) is 71.1 Å². The maximum absolute atomic E-state index is 10.7. The van der Waals surface area contributed by atoms with Crippen LogP contribution in [0.3, 0.4) is 0 Å². The summed E-state index contributed by atoms with van der Waals surface area (Å²) in [5.74, 6) is 0.864. The van der Waals surface area contributed by atoms with Gasteiger partial charge < -0.3 is 14.3 Å². The Balaban J connectivity index is 1.39. The Morgan fingerprint density at radius 1 is 1.03 bits per heavy atom. The summed E-state index contributed by atoms with van der Waals surface area (Å²) >= 11 is 0. The van der Waals surface area contributed by atoms with E-state index in [1.54, 1.807) is 6.07 Å². The van der Waals surface area contributed by atoms with Gasteiger partial charge in [-0.1, -0.05) is 48.0 Å². The standard InChI is InChI=1S/C28H28N2O5/c1-18-8-11-22(12-9-18)28-29-25(20(3)35-28)16-34-30-24-7-5-4-6-23(24)15-21-10-13-26(19(2)14-21)33-17-27(31)32/h4-14,30H,15-17H2,1-3H3,(H,31,32). The molecule has 35 heavy (non-hydrogen) atoms. The third kappa shape index (κ3) is 6.28. The zero-order valence-corrected chi connectivity index (χ0v) is 20.0. The molecule has 0 radical (unpaired) electrons. The number of carbonyl (C=O) groups is 1. The first-order chi connectivity index (χ1) is 16.9. The number of aryl methyl sites for hydroxylation is 3. The number of hydrogen-bond acceptors (Lipinski definition) is 6. The number of carboxylic acids is 1. The van der Waals surface area contributed by atoms with E-state index in [2.05, 4.69) is 10.5 Å². The molecule has 0 spiro atoms. The molecule has 4 rings (SSSR count). The topological polar surface area (TPSA) is 93.8 Å². The zero-order valence-electron chi connectivity index (χ0n) is 20.0. The van der Waals surface area contributed by atoms with Gasteiger partial charge in [0.2, 0.25) is 5.89 Å². The molecule has 0 amide bonds. The van der Waals surface area contributed by atoms with Gasteiger partial charge in [0.05, 0.1) is 5.69 Å². The molecule has 0 atom stereocenters. The van der Waals surface area contributed by atoms with E-state index in [-0.39, 0.29) is 13.2 Å². The van der Waals surface area contributed by atoms with E-state index in [4.69, 9.17) is 19.1 Å². The van der Waals surface area contributed by atoms with E-state index in [0.29, 0.717) is 18.1 Å². The second-order valence-corrected chi connectivity index (χ2v) is 8.39. The van der Waals surface area contributed by atoms with Gasteiger partial charge in [0.25, 0.3) is 0 Å². The molecule has 4 aromatic rings. The van der Waals surface area contributed by atoms with Crippen molar-refractivity contribution in [3.05, 3.63) is 100 Å². The normalized spacial score (nSPS) is 10.8. The fourth-order valence-electron chi connectivity index (χ4n) is 3.68. The summed E-state index contributed by atoms with van der Waals surface area (Å²) < 4.78 is 11.2. The van der Waals surface area contributed by atoms with Crippen molar-refractivity contribution < 1.29 is 23.9 Å². The Kier molecular flexibility index (Phi) is 7.48. The van der Waals surface area contributed by atoms with Crippen LogP contribution in [0.1, 0.15) is 33.7 Å². The SMILES string of the molecule is Cc1ccc(-c2nc(CONc3ccccc3Cc3ccc(OCC(=O)O)c(C)c3)c(C)o2)cc1. The number of ether oxygens (including phenoxy) is 1. The molecule has 0 saturated heterocycles. The Hall–Kier alpha value is -4.10. The first kappa shape index (κ1) is 24.0. The minimum absolute atomic E-state index is 0.254. The van der Waals surface area contributed by atoms with Crippen LogP contribution in [0.2, 0.25) is 0 Å². The number of carboxylic acid groups (broad SMARTS) is 1. The first-order valence-electron chi connectivity index (χ1n) is 11.3. The molecule has 7 nitrogen and oxygen atoms in total. The number of anilines is 1. The van der Waals surface area contributed by atoms with Gasteiger partial charge in [-0.25, -0.2) is 9.78 Å². The summed E-state index contributed by atoms with van der Waals surface area (Å²) in [6.07, 6.45) is 0.674. The van der Waals surface area contributed by atoms with Crippen LogP contribution in [-0.2, 0) is 22.7 Å². The van der Waals surface area contributed by atoms with Crippen LogP contribution in [0, 0.1) is 20.8 Å². The highest BCUT2D eigenvalue weighted by Gasteiger charge is 2.12. The lowest BCUT2D eigenvalue weighted by molar-refractivity contribution is -0.139. The minimum Gasteiger partial charge on any atom is -0.482 e. The molecule has 3 aromatic carbocycles. The largest absolute Gasteiger partial charge is 0.482 e. The van der Waals surface area contributed by atoms with Crippen LogP contribution in [-0.4, -0.2) is 22.7 Å². The fraction of sp³-hybridized carbons (Fsp3) is 0.214. The highest BCUT2D eigenvalue weighted by molar-refractivity contribution is 5.68. The molecule has 0 aliphatic rings. The number of benzene rings is 3. The first-order valence-corrected chi connectivity index (χ1v) is 11.3. The summed E-state index contributed by atoms with van der Waals surface area (Å²) in [4.78, 5) is 21.1. The third-order valence-electron chi connectivity index (χ3n) is 5.58. The second kappa shape index (κ2) is 10.9. The number of aliphatic carboxylic acids is 1. The number of para-hydroxylation sites is 1. The van der Waals surface area contributed by atoms with E-state index in [1.807, 2.05) is 81.4 Å². The average Bonchev–Trinajstić information content (AvgIpc) is 3.20. The molecule has 0 bridgehead atoms. The molecule has 0 aliphatic carbocycles. The van der Waals surface area contributed by atoms with Crippen LogP contribution < -0.4 is 10.2 Å². The van der Waals surface area contributed by atoms with Gasteiger partial charge in [-0.2, -0.15) is 0 Å². The van der Waals surface area contributed by atoms with E-state index < -0.39 is 5.97 Å². The molecule has 180 valence electrons. The lowest BCUT2D eigenvalue weighted by Crippen LogP contribution is -2.10. The van der Waals surface area contributed by atoms with Crippen molar-refractivity contribution in [1.82, 2.24) is 4.98 Å². The number of nitrogens with one attached hydrogen (secondary N) is 1. The second-order valence-electron chi connectivity index (χ2n) is 8.39. The van der Waals surface area contributed by atoms with E-state index in [9.17, 15) is 4.79 Å². The number of aromatic nitrogens is 1. The quantitative estimate of drug-likeness (QED) is 0.279. The average molecular weight is 473 g/mol. The van der Waals surface area contributed by atoms with Crippen molar-refractivity contribution in [3.63, 3.8) is 0 Å². The predicted octanol–water partition coefficient (Wildman–Crippen LogP) is 5.86. The van der Waals surface area contributed by atoms with Gasteiger partial charge in [-0.05, 0) is 68.1 Å². The summed E-state index contributed by atoms with van der Waals surface area (Å²) in [6.45, 7) is 5.72. The van der Waals surface area contributed by atoms with Crippen LogP contribution in [0.25, 0.3) is 11.5 Å². The van der Waals surface area contributed by atoms with Gasteiger partial charge in [0.1, 0.15) is 23.8 Å². The monoisotopic (exact) mass is 472 g/mol. The highest BCUT2D eigenvalue weighted by Crippen LogP contribution is 2.25. The molecule has 7 heteroatoms. The summed E-state index contributed by atoms with van der Waals surface area (Å²) in [5, 5.41) is 8.81. The predicted molar refractivity (Wildman–Crippen MR) is 133 cm³/mol. The third-order valence-corrected chi connectivity index (χ3v) is 5.58. The van der Waals surface area contributed by atoms with E-state index in [1.165, 1.54) is 5.56 Å². The van der Waals surface area contributed by atoms with Crippen molar-refractivity contribution in [2.75, 3.05) is 12.1 Å². The van der Waals surface area contributed by atoms with Crippen molar-refractivity contribution in [1.29, 1.82) is 0 Å². The molecular weight excluding hydrogens is 444 g/mol. The molecule has 0 unspecified atom stereocenters. The molecule has 0 fully saturated rings. The summed E-state index contributed by atoms with van der Waals surface area (Å²) in [5.41, 5.74) is 9.78. The maximum atomic E-state index is 10.7. The molecule has 1 aromatic heterocycles. The van der Waals surface area contributed by atoms with Gasteiger partial charge in [0, 0.05) is 5.56 Å². The van der Waals surface area contributed by atoms with E-state index in [0.717, 1.165) is 39.4 Å². The molecular formula is C28H28N2O5. The van der Waals surface area contributed by atoms with Crippen molar-refractivity contribution in [2.24, 2.45) is 0 Å². The van der Waals surface area contributed by atoms with Crippen LogP contribution >= 0.6 is 0 Å². The smallest absolute Gasteiger partial charge is 0.341 e. The van der Waals surface area contributed by atoms with Gasteiger partial charge in [0.15, 0.2) is 6.61 Å². The Morgan fingerprint density at radius 2 is 1.80 bits per heavy atom. The lowest BCUT2D eigenvalue weighted by Gasteiger charge is -2.13. The number of nitrogens with zero attached hydrogens (tertiary/aromatic N) is 1. The number of oxazole rings is 1. The highest BCUT2D eigenvalue weighted by atomic mass is 16.6. The molecule has 2 N–H and O–H groups in total. The summed E-state index contributed by atoms with van der Waals surface area (Å²) in [6, 6.07) is 21.7. The van der Waals surface area contributed by atoms with Gasteiger partial charge in [-0.3, -0.25) is 10.3 Å². The Bertz CT molecular complexity index is 1310. The van der Waals surface area contributed by atoms with Crippen molar-refractivity contribution in [2.45, 2.75) is 33.8 Å². The minimum atomic E-state index is -0.999.